The van der Waals surface area contributed by atoms with E-state index in [1.54, 1.807) is 0 Å². The molecule has 0 aromatic carbocycles. The first-order valence-corrected chi connectivity index (χ1v) is 5.09. The number of aromatic nitrogens is 1. The molecule has 2 heteroatoms. The van der Waals surface area contributed by atoms with Crippen molar-refractivity contribution >= 4 is 5.82 Å². The molecule has 2 nitrogen and oxygen atoms in total. The van der Waals surface area contributed by atoms with E-state index in [9.17, 15) is 0 Å². The molecular weight excluding hydrogens is 160 g/mol. The molecule has 0 bridgehead atoms. The summed E-state index contributed by atoms with van der Waals surface area (Å²) in [6.45, 7) is 0. The Morgan fingerprint density at radius 3 is 2.62 bits per heavy atom. The lowest BCUT2D eigenvalue weighted by Gasteiger charge is -2.20. The van der Waals surface area contributed by atoms with E-state index in [0.717, 1.165) is 0 Å². The first-order valence-electron chi connectivity index (χ1n) is 5.09. The standard InChI is InChI=1S/C11H16N2/c12-11-8-4-7-10(13-11)9-5-2-1-3-6-9/h4,7-9H,1-3,5-6H2,(H2,12,13). The molecule has 0 saturated heterocycles. The van der Waals surface area contributed by atoms with E-state index in [1.807, 2.05) is 12.1 Å². The first kappa shape index (κ1) is 8.54. The van der Waals surface area contributed by atoms with Gasteiger partial charge in [-0.25, -0.2) is 4.98 Å². The van der Waals surface area contributed by atoms with E-state index in [4.69, 9.17) is 5.73 Å². The van der Waals surface area contributed by atoms with Crippen molar-refractivity contribution < 1.29 is 0 Å². The number of nitrogens with zero attached hydrogens (tertiary/aromatic N) is 1. The van der Waals surface area contributed by atoms with Crippen LogP contribution in [0.2, 0.25) is 0 Å². The topological polar surface area (TPSA) is 38.9 Å². The molecule has 1 aliphatic rings. The molecule has 0 radical (unpaired) electrons. The van der Waals surface area contributed by atoms with Crippen LogP contribution in [0.3, 0.4) is 0 Å². The Morgan fingerprint density at radius 1 is 1.15 bits per heavy atom. The summed E-state index contributed by atoms with van der Waals surface area (Å²) in [6, 6.07) is 5.96. The van der Waals surface area contributed by atoms with Crippen molar-refractivity contribution in [3.8, 4) is 0 Å². The fourth-order valence-corrected chi connectivity index (χ4v) is 2.09. The number of hydrogen-bond acceptors (Lipinski definition) is 2. The fourth-order valence-electron chi connectivity index (χ4n) is 2.09. The van der Waals surface area contributed by atoms with Gasteiger partial charge in [0.25, 0.3) is 0 Å². The molecule has 1 aliphatic carbocycles. The molecule has 0 spiro atoms. The van der Waals surface area contributed by atoms with E-state index < -0.39 is 0 Å². The number of anilines is 1. The highest BCUT2D eigenvalue weighted by Gasteiger charge is 2.16. The third-order valence-electron chi connectivity index (χ3n) is 2.82. The van der Waals surface area contributed by atoms with Crippen molar-refractivity contribution in [1.82, 2.24) is 4.98 Å². The van der Waals surface area contributed by atoms with E-state index in [2.05, 4.69) is 11.1 Å². The van der Waals surface area contributed by atoms with Gasteiger partial charge in [-0.1, -0.05) is 25.3 Å². The Morgan fingerprint density at radius 2 is 1.92 bits per heavy atom. The maximum absolute atomic E-state index is 5.65. The Hall–Kier alpha value is -1.05. The number of rotatable bonds is 1. The number of nitrogens with two attached hydrogens (primary N) is 1. The summed E-state index contributed by atoms with van der Waals surface area (Å²) >= 11 is 0. The van der Waals surface area contributed by atoms with E-state index in [0.29, 0.717) is 11.7 Å². The van der Waals surface area contributed by atoms with Crippen LogP contribution in [0.5, 0.6) is 0 Å². The van der Waals surface area contributed by atoms with Crippen molar-refractivity contribution in [2.24, 2.45) is 0 Å². The summed E-state index contributed by atoms with van der Waals surface area (Å²) in [4.78, 5) is 4.37. The van der Waals surface area contributed by atoms with Crippen molar-refractivity contribution in [2.75, 3.05) is 5.73 Å². The van der Waals surface area contributed by atoms with Gasteiger partial charge < -0.3 is 5.73 Å². The van der Waals surface area contributed by atoms with E-state index >= 15 is 0 Å². The molecule has 0 aliphatic heterocycles. The van der Waals surface area contributed by atoms with Crippen molar-refractivity contribution in [3.63, 3.8) is 0 Å². The van der Waals surface area contributed by atoms with Crippen LogP contribution in [0.15, 0.2) is 18.2 Å². The van der Waals surface area contributed by atoms with Gasteiger partial charge in [0.2, 0.25) is 0 Å². The monoisotopic (exact) mass is 176 g/mol. The highest BCUT2D eigenvalue weighted by molar-refractivity contribution is 5.30. The van der Waals surface area contributed by atoms with Crippen LogP contribution in [0, 0.1) is 0 Å². The summed E-state index contributed by atoms with van der Waals surface area (Å²) in [7, 11) is 0. The van der Waals surface area contributed by atoms with Crippen LogP contribution in [-0.2, 0) is 0 Å². The highest BCUT2D eigenvalue weighted by atomic mass is 14.8. The summed E-state index contributed by atoms with van der Waals surface area (Å²) in [5.41, 5.74) is 6.85. The molecule has 1 fully saturated rings. The van der Waals surface area contributed by atoms with Gasteiger partial charge in [0.15, 0.2) is 0 Å². The third kappa shape index (κ3) is 2.00. The van der Waals surface area contributed by atoms with Crippen LogP contribution >= 0.6 is 0 Å². The van der Waals surface area contributed by atoms with Gasteiger partial charge in [-0.15, -0.1) is 0 Å². The summed E-state index contributed by atoms with van der Waals surface area (Å²) in [6.07, 6.45) is 6.66. The van der Waals surface area contributed by atoms with Crippen LogP contribution < -0.4 is 5.73 Å². The quantitative estimate of drug-likeness (QED) is 0.714. The lowest BCUT2D eigenvalue weighted by atomic mass is 9.87. The molecule has 0 unspecified atom stereocenters. The Kier molecular flexibility index (Phi) is 2.48. The zero-order valence-electron chi connectivity index (χ0n) is 7.87. The maximum atomic E-state index is 5.65. The molecule has 2 N–H and O–H groups in total. The van der Waals surface area contributed by atoms with Gasteiger partial charge in [0, 0.05) is 11.6 Å². The van der Waals surface area contributed by atoms with Crippen LogP contribution in [0.4, 0.5) is 5.82 Å². The summed E-state index contributed by atoms with van der Waals surface area (Å²) < 4.78 is 0. The Labute approximate surface area is 79.2 Å². The zero-order valence-corrected chi connectivity index (χ0v) is 7.87. The molecule has 1 saturated carbocycles. The molecule has 1 aromatic rings. The van der Waals surface area contributed by atoms with Gasteiger partial charge in [0.05, 0.1) is 0 Å². The molecular formula is C11H16N2. The molecule has 0 atom stereocenters. The highest BCUT2D eigenvalue weighted by Crippen LogP contribution is 2.31. The number of nitrogen functional groups attached to an aromatic ring is 1. The second kappa shape index (κ2) is 3.77. The largest absolute Gasteiger partial charge is 0.384 e. The van der Waals surface area contributed by atoms with Crippen LogP contribution in [-0.4, -0.2) is 4.98 Å². The van der Waals surface area contributed by atoms with Gasteiger partial charge in [-0.2, -0.15) is 0 Å². The minimum absolute atomic E-state index is 0.656. The van der Waals surface area contributed by atoms with E-state index in [1.165, 1.54) is 37.8 Å². The second-order valence-electron chi connectivity index (χ2n) is 3.82. The smallest absolute Gasteiger partial charge is 0.123 e. The predicted octanol–water partition coefficient (Wildman–Crippen LogP) is 2.71. The Balaban J connectivity index is 2.14. The molecule has 1 heterocycles. The molecule has 0 amide bonds. The molecule has 13 heavy (non-hydrogen) atoms. The van der Waals surface area contributed by atoms with Gasteiger partial charge in [-0.3, -0.25) is 0 Å². The minimum atomic E-state index is 0.656. The SMILES string of the molecule is Nc1cccc(C2CCCCC2)n1. The maximum Gasteiger partial charge on any atom is 0.123 e. The Bertz CT molecular complexity index is 277. The number of hydrogen-bond donors (Lipinski definition) is 1. The molecule has 1 aromatic heterocycles. The molecule has 2 rings (SSSR count). The lowest BCUT2D eigenvalue weighted by molar-refractivity contribution is 0.437. The van der Waals surface area contributed by atoms with Gasteiger partial charge in [0.1, 0.15) is 5.82 Å². The van der Waals surface area contributed by atoms with Crippen LogP contribution in [0.25, 0.3) is 0 Å². The average Bonchev–Trinajstić information content (AvgIpc) is 2.19. The van der Waals surface area contributed by atoms with Gasteiger partial charge in [-0.05, 0) is 25.0 Å². The van der Waals surface area contributed by atoms with E-state index in [-0.39, 0.29) is 0 Å². The lowest BCUT2D eigenvalue weighted by Crippen LogP contribution is -2.07. The zero-order chi connectivity index (χ0) is 9.10. The van der Waals surface area contributed by atoms with Crippen molar-refractivity contribution in [3.05, 3.63) is 23.9 Å². The fraction of sp³-hybridized carbons (Fsp3) is 0.545. The second-order valence-corrected chi connectivity index (χ2v) is 3.82. The minimum Gasteiger partial charge on any atom is -0.384 e. The van der Waals surface area contributed by atoms with Crippen molar-refractivity contribution in [1.29, 1.82) is 0 Å². The van der Waals surface area contributed by atoms with Crippen molar-refractivity contribution in [2.45, 2.75) is 38.0 Å². The normalized spacial score (nSPS) is 18.8. The predicted molar refractivity (Wildman–Crippen MR) is 54.5 cm³/mol. The van der Waals surface area contributed by atoms with Crippen LogP contribution in [0.1, 0.15) is 43.7 Å². The number of pyridine rings is 1. The summed E-state index contributed by atoms with van der Waals surface area (Å²) in [5, 5.41) is 0. The first-order chi connectivity index (χ1) is 6.36. The third-order valence-corrected chi connectivity index (χ3v) is 2.82. The van der Waals surface area contributed by atoms with Gasteiger partial charge >= 0.3 is 0 Å². The summed E-state index contributed by atoms with van der Waals surface area (Å²) in [5.74, 6) is 1.32. The molecule has 70 valence electrons. The average molecular weight is 176 g/mol.